The Balaban J connectivity index is 3.19. The monoisotopic (exact) mass is 241 g/mol. The molecule has 16 heavy (non-hydrogen) atoms. The fourth-order valence-corrected chi connectivity index (χ4v) is 0.934. The number of halogens is 5. The Morgan fingerprint density at radius 2 is 1.62 bits per heavy atom. The smallest absolute Gasteiger partial charge is 0.423 e. The fourth-order valence-electron chi connectivity index (χ4n) is 0.934. The quantitative estimate of drug-likeness (QED) is 0.582. The summed E-state index contributed by atoms with van der Waals surface area (Å²) in [7, 11) is -2.16. The molecule has 0 aliphatic heterocycles. The Bertz CT molecular complexity index is 381. The Hall–Kier alpha value is -1.22. The van der Waals surface area contributed by atoms with Crippen LogP contribution in [0.4, 0.5) is 22.0 Å². The van der Waals surface area contributed by atoms with Crippen LogP contribution in [0.3, 0.4) is 0 Å². The van der Waals surface area contributed by atoms with Crippen molar-refractivity contribution in [2.45, 2.75) is 12.1 Å². The van der Waals surface area contributed by atoms with Gasteiger partial charge in [0.1, 0.15) is 0 Å². The second-order valence-electron chi connectivity index (χ2n) is 2.95. The first-order valence-corrected chi connectivity index (χ1v) is 3.92. The van der Waals surface area contributed by atoms with Crippen molar-refractivity contribution in [2.24, 2.45) is 0 Å². The van der Waals surface area contributed by atoms with E-state index < -0.39 is 30.2 Å². The molecule has 3 nitrogen and oxygen atoms in total. The third-order valence-electron chi connectivity index (χ3n) is 1.78. The SMILES string of the molecule is OB(O)c1cncc(C(F)(F)C(F)(F)F)c1. The fraction of sp³-hybridized carbons (Fsp3) is 0.286. The first-order valence-electron chi connectivity index (χ1n) is 3.92. The highest BCUT2D eigenvalue weighted by Crippen LogP contribution is 2.43. The maximum Gasteiger partial charge on any atom is 0.490 e. The molecule has 0 atom stereocenters. The zero-order chi connectivity index (χ0) is 12.6. The topological polar surface area (TPSA) is 53.4 Å². The van der Waals surface area contributed by atoms with E-state index in [1.165, 1.54) is 0 Å². The van der Waals surface area contributed by atoms with Crippen molar-refractivity contribution in [1.29, 1.82) is 0 Å². The largest absolute Gasteiger partial charge is 0.490 e. The summed E-state index contributed by atoms with van der Waals surface area (Å²) in [6.45, 7) is 0. The second-order valence-corrected chi connectivity index (χ2v) is 2.95. The van der Waals surface area contributed by atoms with Crippen molar-refractivity contribution in [3.8, 4) is 0 Å². The summed E-state index contributed by atoms with van der Waals surface area (Å²) in [5.41, 5.74) is -1.98. The molecule has 1 aromatic rings. The molecule has 0 unspecified atom stereocenters. The van der Waals surface area contributed by atoms with Gasteiger partial charge >= 0.3 is 19.2 Å². The standard InChI is InChI=1S/C7H5BF5NO2/c9-6(10,7(11,12)13)4-1-5(8(15)16)3-14-2-4/h1-3,15-16H. The molecule has 88 valence electrons. The molecule has 9 heteroatoms. The van der Waals surface area contributed by atoms with E-state index in [0.717, 1.165) is 6.20 Å². The normalized spacial score (nSPS) is 12.7. The molecule has 0 aromatic carbocycles. The maximum atomic E-state index is 12.8. The highest BCUT2D eigenvalue weighted by atomic mass is 19.4. The van der Waals surface area contributed by atoms with Gasteiger partial charge in [-0.05, 0) is 6.07 Å². The number of hydrogen-bond donors (Lipinski definition) is 2. The van der Waals surface area contributed by atoms with Gasteiger partial charge in [-0.1, -0.05) is 0 Å². The van der Waals surface area contributed by atoms with Gasteiger partial charge in [0.05, 0.1) is 0 Å². The van der Waals surface area contributed by atoms with Crippen molar-refractivity contribution in [3.63, 3.8) is 0 Å². The zero-order valence-corrected chi connectivity index (χ0v) is 7.54. The van der Waals surface area contributed by atoms with Crippen LogP contribution in [0.1, 0.15) is 5.56 Å². The van der Waals surface area contributed by atoms with E-state index in [1.54, 1.807) is 0 Å². The van der Waals surface area contributed by atoms with Crippen molar-refractivity contribution in [1.82, 2.24) is 4.98 Å². The molecule has 0 fully saturated rings. The van der Waals surface area contributed by atoms with Crippen molar-refractivity contribution in [2.75, 3.05) is 0 Å². The molecule has 0 bridgehead atoms. The number of nitrogens with zero attached hydrogens (tertiary/aromatic N) is 1. The summed E-state index contributed by atoms with van der Waals surface area (Å²) >= 11 is 0. The lowest BCUT2D eigenvalue weighted by Gasteiger charge is -2.19. The number of hydrogen-bond acceptors (Lipinski definition) is 3. The van der Waals surface area contributed by atoms with E-state index in [9.17, 15) is 22.0 Å². The van der Waals surface area contributed by atoms with Gasteiger partial charge in [-0.3, -0.25) is 4.98 Å². The van der Waals surface area contributed by atoms with Gasteiger partial charge in [0, 0.05) is 23.4 Å². The first kappa shape index (κ1) is 12.9. The molecule has 0 radical (unpaired) electrons. The Morgan fingerprint density at radius 1 is 1.06 bits per heavy atom. The lowest BCUT2D eigenvalue weighted by Crippen LogP contribution is -2.37. The highest BCUT2D eigenvalue weighted by Gasteiger charge is 2.59. The molecule has 1 heterocycles. The summed E-state index contributed by atoms with van der Waals surface area (Å²) in [4.78, 5) is 3.09. The Morgan fingerprint density at radius 3 is 2.06 bits per heavy atom. The number of rotatable bonds is 2. The van der Waals surface area contributed by atoms with Crippen LogP contribution in [0, 0.1) is 0 Å². The predicted molar refractivity (Wildman–Crippen MR) is 44.0 cm³/mol. The maximum absolute atomic E-state index is 12.8. The molecule has 0 aliphatic rings. The third kappa shape index (κ3) is 2.30. The van der Waals surface area contributed by atoms with Crippen molar-refractivity contribution < 1.29 is 32.0 Å². The van der Waals surface area contributed by atoms with Crippen LogP contribution in [0.2, 0.25) is 0 Å². The van der Waals surface area contributed by atoms with E-state index in [4.69, 9.17) is 10.0 Å². The van der Waals surface area contributed by atoms with E-state index >= 15 is 0 Å². The Labute approximate surface area is 86.7 Å². The molecule has 2 N–H and O–H groups in total. The minimum atomic E-state index is -5.76. The molecule has 0 saturated carbocycles. The summed E-state index contributed by atoms with van der Waals surface area (Å²) < 4.78 is 61.4. The van der Waals surface area contributed by atoms with Crippen LogP contribution in [0.25, 0.3) is 0 Å². The molecule has 0 aliphatic carbocycles. The van der Waals surface area contributed by atoms with Gasteiger partial charge in [-0.2, -0.15) is 22.0 Å². The average molecular weight is 241 g/mol. The van der Waals surface area contributed by atoms with E-state index in [2.05, 4.69) is 4.98 Å². The van der Waals surface area contributed by atoms with Gasteiger partial charge in [-0.25, -0.2) is 0 Å². The molecule has 0 spiro atoms. The molecule has 0 saturated heterocycles. The number of aromatic nitrogens is 1. The lowest BCUT2D eigenvalue weighted by molar-refractivity contribution is -0.289. The molecular weight excluding hydrogens is 236 g/mol. The van der Waals surface area contributed by atoms with Crippen LogP contribution >= 0.6 is 0 Å². The molecule has 0 amide bonds. The van der Waals surface area contributed by atoms with Crippen LogP contribution < -0.4 is 5.46 Å². The van der Waals surface area contributed by atoms with Gasteiger partial charge < -0.3 is 10.0 Å². The van der Waals surface area contributed by atoms with Crippen LogP contribution in [0.15, 0.2) is 18.5 Å². The Kier molecular flexibility index (Phi) is 3.20. The van der Waals surface area contributed by atoms with Gasteiger partial charge in [0.25, 0.3) is 0 Å². The second kappa shape index (κ2) is 3.98. The van der Waals surface area contributed by atoms with Gasteiger partial charge in [0.15, 0.2) is 0 Å². The summed E-state index contributed by atoms with van der Waals surface area (Å²) in [5, 5.41) is 17.2. The lowest BCUT2D eigenvalue weighted by atomic mass is 9.80. The third-order valence-corrected chi connectivity index (χ3v) is 1.78. The van der Waals surface area contributed by atoms with E-state index in [1.807, 2.05) is 0 Å². The van der Waals surface area contributed by atoms with Crippen molar-refractivity contribution in [3.05, 3.63) is 24.0 Å². The summed E-state index contributed by atoms with van der Waals surface area (Å²) in [5.74, 6) is -5.08. The van der Waals surface area contributed by atoms with Crippen molar-refractivity contribution >= 4 is 12.6 Å². The number of alkyl halides is 5. The zero-order valence-electron chi connectivity index (χ0n) is 7.54. The van der Waals surface area contributed by atoms with Gasteiger partial charge in [-0.15, -0.1) is 0 Å². The highest BCUT2D eigenvalue weighted by molar-refractivity contribution is 6.58. The minimum Gasteiger partial charge on any atom is -0.423 e. The molecule has 1 rings (SSSR count). The first-order chi connectivity index (χ1) is 7.16. The van der Waals surface area contributed by atoms with Gasteiger partial charge in [0.2, 0.25) is 0 Å². The summed E-state index contributed by atoms with van der Waals surface area (Å²) in [6, 6.07) is 0.338. The van der Waals surface area contributed by atoms with Crippen LogP contribution in [-0.2, 0) is 5.92 Å². The minimum absolute atomic E-state index is 0.319. The predicted octanol–water partition coefficient (Wildman–Crippen LogP) is 0.415. The van der Waals surface area contributed by atoms with Crippen LogP contribution in [-0.4, -0.2) is 28.3 Å². The average Bonchev–Trinajstić information content (AvgIpc) is 2.16. The molecular formula is C7H5BF5NO2. The van der Waals surface area contributed by atoms with Crippen LogP contribution in [0.5, 0.6) is 0 Å². The van der Waals surface area contributed by atoms with E-state index in [-0.39, 0.29) is 0 Å². The van der Waals surface area contributed by atoms with E-state index in [0.29, 0.717) is 12.3 Å². The number of pyridine rings is 1. The summed E-state index contributed by atoms with van der Waals surface area (Å²) in [6.07, 6.45) is -4.66. The molecule has 1 aromatic heterocycles.